The van der Waals surface area contributed by atoms with E-state index in [1.807, 2.05) is 6.92 Å². The molecule has 3 rings (SSSR count). The van der Waals surface area contributed by atoms with Crippen molar-refractivity contribution in [2.75, 3.05) is 11.9 Å². The van der Waals surface area contributed by atoms with Gasteiger partial charge in [0, 0.05) is 5.56 Å². The number of halogens is 3. The number of rotatable bonds is 6. The smallest absolute Gasteiger partial charge is 0.406 e. The van der Waals surface area contributed by atoms with Gasteiger partial charge in [0.15, 0.2) is 5.65 Å². The van der Waals surface area contributed by atoms with Gasteiger partial charge in [-0.15, -0.1) is 18.3 Å². The summed E-state index contributed by atoms with van der Waals surface area (Å²) in [5, 5.41) is 16.9. The molecule has 0 aliphatic rings. The van der Waals surface area contributed by atoms with Crippen LogP contribution in [0, 0.1) is 0 Å². The first kappa shape index (κ1) is 18.0. The first-order valence-corrected chi connectivity index (χ1v) is 7.98. The molecule has 6 nitrogen and oxygen atoms in total. The molecule has 0 saturated carbocycles. The molecule has 0 radical (unpaired) electrons. The molecular weight excluding hydrogens is 349 g/mol. The fraction of sp³-hybridized carbons (Fsp3) is 0.294. The third-order valence-corrected chi connectivity index (χ3v) is 3.81. The summed E-state index contributed by atoms with van der Waals surface area (Å²) in [6.45, 7) is 1.92. The number of fused-ring (bicyclic) bond motifs is 1. The van der Waals surface area contributed by atoms with E-state index in [9.17, 15) is 18.3 Å². The summed E-state index contributed by atoms with van der Waals surface area (Å²) >= 11 is 0. The Morgan fingerprint density at radius 1 is 1.19 bits per heavy atom. The number of aliphatic hydroxyl groups is 1. The Morgan fingerprint density at radius 2 is 1.92 bits per heavy atom. The van der Waals surface area contributed by atoms with E-state index in [2.05, 4.69) is 20.1 Å². The van der Waals surface area contributed by atoms with Gasteiger partial charge in [0.05, 0.1) is 24.5 Å². The zero-order valence-electron chi connectivity index (χ0n) is 13.9. The summed E-state index contributed by atoms with van der Waals surface area (Å²) in [6, 6.07) is 8.90. The largest absolute Gasteiger partial charge is 0.573 e. The highest BCUT2D eigenvalue weighted by molar-refractivity contribution is 5.64. The first-order chi connectivity index (χ1) is 12.4. The molecule has 0 spiro atoms. The van der Waals surface area contributed by atoms with Gasteiger partial charge in [0.1, 0.15) is 11.6 Å². The number of ether oxygens (including phenoxy) is 1. The maximum absolute atomic E-state index is 12.3. The number of benzene rings is 1. The van der Waals surface area contributed by atoms with Crippen LogP contribution in [0.3, 0.4) is 0 Å². The van der Waals surface area contributed by atoms with E-state index in [0.29, 0.717) is 22.7 Å². The topological polar surface area (TPSA) is 71.7 Å². The van der Waals surface area contributed by atoms with Crippen molar-refractivity contribution in [2.24, 2.45) is 0 Å². The Balaban J connectivity index is 1.90. The monoisotopic (exact) mass is 366 g/mol. The molecule has 3 aromatic rings. The van der Waals surface area contributed by atoms with Crippen LogP contribution in [-0.2, 0) is 0 Å². The zero-order valence-corrected chi connectivity index (χ0v) is 13.9. The van der Waals surface area contributed by atoms with Gasteiger partial charge in [-0.2, -0.15) is 0 Å². The van der Waals surface area contributed by atoms with Crippen LogP contribution in [0.2, 0.25) is 0 Å². The fourth-order valence-corrected chi connectivity index (χ4v) is 2.46. The van der Waals surface area contributed by atoms with Gasteiger partial charge < -0.3 is 15.2 Å². The molecule has 1 aromatic carbocycles. The van der Waals surface area contributed by atoms with Crippen molar-refractivity contribution in [3.05, 3.63) is 42.6 Å². The lowest BCUT2D eigenvalue weighted by Crippen LogP contribution is -2.23. The summed E-state index contributed by atoms with van der Waals surface area (Å²) in [5.74, 6) is 0.272. The molecule has 0 bridgehead atoms. The molecule has 0 aliphatic heterocycles. The molecule has 1 atom stereocenters. The van der Waals surface area contributed by atoms with Crippen molar-refractivity contribution in [3.63, 3.8) is 0 Å². The van der Waals surface area contributed by atoms with Crippen LogP contribution < -0.4 is 10.1 Å². The fourth-order valence-electron chi connectivity index (χ4n) is 2.46. The van der Waals surface area contributed by atoms with E-state index in [0.717, 1.165) is 6.42 Å². The van der Waals surface area contributed by atoms with Crippen molar-refractivity contribution in [1.82, 2.24) is 14.6 Å². The van der Waals surface area contributed by atoms with E-state index in [4.69, 9.17) is 0 Å². The molecule has 0 saturated heterocycles. The van der Waals surface area contributed by atoms with Crippen LogP contribution in [0.5, 0.6) is 5.75 Å². The number of hydrogen-bond donors (Lipinski definition) is 2. The first-order valence-electron chi connectivity index (χ1n) is 7.98. The number of anilines is 1. The van der Waals surface area contributed by atoms with Gasteiger partial charge in [-0.25, -0.2) is 9.50 Å². The summed E-state index contributed by atoms with van der Waals surface area (Å²) in [5.41, 5.74) is 1.86. The number of aromatic nitrogens is 3. The Bertz CT molecular complexity index is 874. The number of nitrogens with one attached hydrogen (secondary N) is 1. The Hall–Kier alpha value is -2.81. The Labute approximate surface area is 147 Å². The second kappa shape index (κ2) is 7.20. The summed E-state index contributed by atoms with van der Waals surface area (Å²) in [6.07, 6.45) is -2.40. The molecular formula is C17H17F3N4O2. The van der Waals surface area contributed by atoms with Crippen LogP contribution >= 0.6 is 0 Å². The lowest BCUT2D eigenvalue weighted by atomic mass is 10.1. The van der Waals surface area contributed by atoms with Crippen LogP contribution in [0.15, 0.2) is 42.6 Å². The Morgan fingerprint density at radius 3 is 2.54 bits per heavy atom. The SMILES string of the molecule is CCC(CO)Nc1ccc2ncc(-c3ccc(OC(F)(F)F)cc3)n2n1. The maximum atomic E-state index is 12.3. The average Bonchev–Trinajstić information content (AvgIpc) is 3.02. The van der Waals surface area contributed by atoms with Gasteiger partial charge in [0.2, 0.25) is 0 Å². The number of nitrogens with zero attached hydrogens (tertiary/aromatic N) is 3. The molecule has 0 fully saturated rings. The second-order valence-corrected chi connectivity index (χ2v) is 5.64. The van der Waals surface area contributed by atoms with Crippen molar-refractivity contribution < 1.29 is 23.0 Å². The minimum absolute atomic E-state index is 0.0202. The van der Waals surface area contributed by atoms with Crippen LogP contribution in [0.25, 0.3) is 16.9 Å². The van der Waals surface area contributed by atoms with Crippen LogP contribution in [0.4, 0.5) is 19.0 Å². The predicted molar refractivity (Wildman–Crippen MR) is 89.9 cm³/mol. The van der Waals surface area contributed by atoms with E-state index in [-0.39, 0.29) is 18.4 Å². The van der Waals surface area contributed by atoms with Crippen molar-refractivity contribution >= 4 is 11.5 Å². The molecule has 9 heteroatoms. The molecule has 2 N–H and O–H groups in total. The van der Waals surface area contributed by atoms with E-state index in [1.165, 1.54) is 24.3 Å². The molecule has 26 heavy (non-hydrogen) atoms. The van der Waals surface area contributed by atoms with Gasteiger partial charge >= 0.3 is 6.36 Å². The minimum atomic E-state index is -4.73. The molecule has 0 aliphatic carbocycles. The highest BCUT2D eigenvalue weighted by Gasteiger charge is 2.31. The predicted octanol–water partition coefficient (Wildman–Crippen LogP) is 3.48. The molecule has 2 heterocycles. The van der Waals surface area contributed by atoms with Crippen LogP contribution in [-0.4, -0.2) is 38.7 Å². The molecule has 1 unspecified atom stereocenters. The van der Waals surface area contributed by atoms with Gasteiger partial charge in [-0.05, 0) is 42.8 Å². The lowest BCUT2D eigenvalue weighted by molar-refractivity contribution is -0.274. The second-order valence-electron chi connectivity index (χ2n) is 5.64. The number of aliphatic hydroxyl groups excluding tert-OH is 1. The number of alkyl halides is 3. The summed E-state index contributed by atoms with van der Waals surface area (Å²) in [7, 11) is 0. The van der Waals surface area contributed by atoms with Crippen LogP contribution in [0.1, 0.15) is 13.3 Å². The van der Waals surface area contributed by atoms with E-state index < -0.39 is 6.36 Å². The third-order valence-electron chi connectivity index (χ3n) is 3.81. The standard InChI is InChI=1S/C17H17F3N4O2/c1-2-12(10-25)22-15-7-8-16-21-9-14(24(16)23-15)11-3-5-13(6-4-11)26-17(18,19)20/h3-9,12,25H,2,10H2,1H3,(H,22,23). The van der Waals surface area contributed by atoms with Crippen molar-refractivity contribution in [1.29, 1.82) is 0 Å². The Kier molecular flexibility index (Phi) is 4.99. The normalized spacial score (nSPS) is 13.0. The van der Waals surface area contributed by atoms with Gasteiger partial charge in [0.25, 0.3) is 0 Å². The van der Waals surface area contributed by atoms with E-state index >= 15 is 0 Å². The molecule has 0 amide bonds. The van der Waals surface area contributed by atoms with Gasteiger partial charge in [-0.3, -0.25) is 0 Å². The minimum Gasteiger partial charge on any atom is -0.406 e. The highest BCUT2D eigenvalue weighted by atomic mass is 19.4. The van der Waals surface area contributed by atoms with Gasteiger partial charge in [-0.1, -0.05) is 6.92 Å². The quantitative estimate of drug-likeness (QED) is 0.699. The number of hydrogen-bond acceptors (Lipinski definition) is 5. The highest BCUT2D eigenvalue weighted by Crippen LogP contribution is 2.27. The maximum Gasteiger partial charge on any atom is 0.573 e. The third kappa shape index (κ3) is 4.05. The van der Waals surface area contributed by atoms with Crippen molar-refractivity contribution in [3.8, 4) is 17.0 Å². The summed E-state index contributed by atoms with van der Waals surface area (Å²) < 4.78 is 42.2. The lowest BCUT2D eigenvalue weighted by Gasteiger charge is -2.14. The van der Waals surface area contributed by atoms with Crippen molar-refractivity contribution in [2.45, 2.75) is 25.7 Å². The summed E-state index contributed by atoms with van der Waals surface area (Å²) in [4.78, 5) is 4.25. The molecule has 138 valence electrons. The number of imidazole rings is 1. The zero-order chi connectivity index (χ0) is 18.7. The average molecular weight is 366 g/mol. The molecule has 2 aromatic heterocycles. The van der Waals surface area contributed by atoms with E-state index in [1.54, 1.807) is 22.8 Å².